The monoisotopic (exact) mass is 277 g/mol. The van der Waals surface area contributed by atoms with Crippen molar-refractivity contribution in [3.05, 3.63) is 48.0 Å². The molecule has 108 valence electrons. The number of Topliss-reactive ketones (excluding diaryl/α,β-unsaturated/α-hetero) is 1. The van der Waals surface area contributed by atoms with E-state index in [1.54, 1.807) is 6.92 Å². The van der Waals surface area contributed by atoms with E-state index in [4.69, 9.17) is 9.47 Å². The summed E-state index contributed by atoms with van der Waals surface area (Å²) in [7, 11) is 1.48. The van der Waals surface area contributed by atoms with Crippen LogP contribution >= 0.6 is 0 Å². The molecule has 1 rings (SSSR count). The molecule has 5 nitrogen and oxygen atoms in total. The average Bonchev–Trinajstić information content (AvgIpc) is 2.45. The minimum Gasteiger partial charge on any atom is -0.445 e. The molecule has 1 aromatic carbocycles. The van der Waals surface area contributed by atoms with E-state index >= 15 is 0 Å². The van der Waals surface area contributed by atoms with Gasteiger partial charge in [0.2, 0.25) is 0 Å². The van der Waals surface area contributed by atoms with Crippen LogP contribution in [0.25, 0.3) is 0 Å². The molecule has 1 N–H and O–H groups in total. The van der Waals surface area contributed by atoms with Crippen molar-refractivity contribution in [2.24, 2.45) is 0 Å². The standard InChI is InChI=1S/C15H19NO4/c1-11(9-19-3)14(17)12(2)16-15(18)20-10-13-7-5-4-6-8-13/h4-8,12H,1,9-10H2,2-3H3,(H,16,18). The maximum absolute atomic E-state index is 11.8. The van der Waals surface area contributed by atoms with Gasteiger partial charge >= 0.3 is 6.09 Å². The molecule has 0 heterocycles. The summed E-state index contributed by atoms with van der Waals surface area (Å²) in [6, 6.07) is 8.60. The molecule has 1 aromatic rings. The zero-order chi connectivity index (χ0) is 15.0. The third kappa shape index (κ3) is 5.24. The summed E-state index contributed by atoms with van der Waals surface area (Å²) in [6.07, 6.45) is -0.639. The summed E-state index contributed by atoms with van der Waals surface area (Å²) in [5.74, 6) is -0.275. The van der Waals surface area contributed by atoms with Gasteiger partial charge in [-0.3, -0.25) is 4.79 Å². The number of alkyl carbamates (subject to hydrolysis) is 1. The lowest BCUT2D eigenvalue weighted by Gasteiger charge is -2.14. The van der Waals surface area contributed by atoms with Crippen LogP contribution < -0.4 is 5.32 Å². The van der Waals surface area contributed by atoms with E-state index in [-0.39, 0.29) is 19.0 Å². The quantitative estimate of drug-likeness (QED) is 0.775. The van der Waals surface area contributed by atoms with Gasteiger partial charge in [0.1, 0.15) is 6.61 Å². The Bertz CT molecular complexity index is 470. The molecule has 0 bridgehead atoms. The van der Waals surface area contributed by atoms with Crippen molar-refractivity contribution in [1.29, 1.82) is 0 Å². The van der Waals surface area contributed by atoms with Gasteiger partial charge in [-0.2, -0.15) is 0 Å². The van der Waals surface area contributed by atoms with Crippen LogP contribution in [0.1, 0.15) is 12.5 Å². The second-order valence-electron chi connectivity index (χ2n) is 4.33. The van der Waals surface area contributed by atoms with E-state index in [9.17, 15) is 9.59 Å². The van der Waals surface area contributed by atoms with Gasteiger partial charge in [0, 0.05) is 12.7 Å². The second kappa shape index (κ2) is 8.12. The molecule has 0 aliphatic heterocycles. The van der Waals surface area contributed by atoms with Gasteiger partial charge in [0.15, 0.2) is 5.78 Å². The zero-order valence-electron chi connectivity index (χ0n) is 11.7. The van der Waals surface area contributed by atoms with Crippen LogP contribution in [0, 0.1) is 0 Å². The molecular formula is C15H19NO4. The summed E-state index contributed by atoms with van der Waals surface area (Å²) >= 11 is 0. The first-order valence-electron chi connectivity index (χ1n) is 6.22. The van der Waals surface area contributed by atoms with E-state index in [1.807, 2.05) is 30.3 Å². The first-order chi connectivity index (χ1) is 9.54. The van der Waals surface area contributed by atoms with E-state index in [1.165, 1.54) is 7.11 Å². The molecule has 20 heavy (non-hydrogen) atoms. The molecule has 1 unspecified atom stereocenters. The molecule has 0 spiro atoms. The Balaban J connectivity index is 2.38. The Hall–Kier alpha value is -2.14. The van der Waals surface area contributed by atoms with Crippen LogP contribution in [-0.4, -0.2) is 31.6 Å². The van der Waals surface area contributed by atoms with Crippen LogP contribution in [-0.2, 0) is 20.9 Å². The Morgan fingerprint density at radius 1 is 1.30 bits per heavy atom. The van der Waals surface area contributed by atoms with Crippen molar-refractivity contribution in [2.45, 2.75) is 19.6 Å². The minimum absolute atomic E-state index is 0.143. The first kappa shape index (κ1) is 15.9. The fourth-order valence-corrected chi connectivity index (χ4v) is 1.56. The molecule has 0 aliphatic carbocycles. The van der Waals surface area contributed by atoms with Gasteiger partial charge < -0.3 is 14.8 Å². The average molecular weight is 277 g/mol. The third-order valence-corrected chi connectivity index (χ3v) is 2.61. The highest BCUT2D eigenvalue weighted by molar-refractivity contribution is 6.00. The third-order valence-electron chi connectivity index (χ3n) is 2.61. The van der Waals surface area contributed by atoms with Crippen LogP contribution in [0.5, 0.6) is 0 Å². The van der Waals surface area contributed by atoms with Crippen molar-refractivity contribution in [1.82, 2.24) is 5.32 Å². The van der Waals surface area contributed by atoms with Gasteiger partial charge in [-0.05, 0) is 12.5 Å². The lowest BCUT2D eigenvalue weighted by atomic mass is 10.1. The fraction of sp³-hybridized carbons (Fsp3) is 0.333. The van der Waals surface area contributed by atoms with E-state index in [2.05, 4.69) is 11.9 Å². The number of benzene rings is 1. The van der Waals surface area contributed by atoms with Gasteiger partial charge in [-0.25, -0.2) is 4.79 Å². The van der Waals surface area contributed by atoms with Gasteiger partial charge in [0.05, 0.1) is 12.6 Å². The molecule has 0 aliphatic rings. The topological polar surface area (TPSA) is 64.6 Å². The maximum Gasteiger partial charge on any atom is 0.408 e. The summed E-state index contributed by atoms with van der Waals surface area (Å²) in [4.78, 5) is 23.4. The number of rotatable bonds is 7. The highest BCUT2D eigenvalue weighted by Gasteiger charge is 2.18. The van der Waals surface area contributed by atoms with Gasteiger partial charge in [0.25, 0.3) is 0 Å². The van der Waals surface area contributed by atoms with Crippen molar-refractivity contribution in [3.63, 3.8) is 0 Å². The van der Waals surface area contributed by atoms with Gasteiger partial charge in [-0.1, -0.05) is 36.9 Å². The van der Waals surface area contributed by atoms with E-state index in [0.717, 1.165) is 5.56 Å². The molecule has 1 atom stereocenters. The van der Waals surface area contributed by atoms with E-state index in [0.29, 0.717) is 5.57 Å². The van der Waals surface area contributed by atoms with E-state index < -0.39 is 12.1 Å². The molecule has 0 radical (unpaired) electrons. The number of nitrogens with one attached hydrogen (secondary N) is 1. The summed E-state index contributed by atoms with van der Waals surface area (Å²) < 4.78 is 9.85. The number of hydrogen-bond acceptors (Lipinski definition) is 4. The highest BCUT2D eigenvalue weighted by atomic mass is 16.5. The fourth-order valence-electron chi connectivity index (χ4n) is 1.56. The predicted molar refractivity (Wildman–Crippen MR) is 75.2 cm³/mol. The number of carbonyl (C=O) groups excluding carboxylic acids is 2. The zero-order valence-corrected chi connectivity index (χ0v) is 11.7. The van der Waals surface area contributed by atoms with Gasteiger partial charge in [-0.15, -0.1) is 0 Å². The summed E-state index contributed by atoms with van der Waals surface area (Å²) in [5.41, 5.74) is 1.19. The lowest BCUT2D eigenvalue weighted by molar-refractivity contribution is -0.117. The Labute approximate surface area is 118 Å². The minimum atomic E-state index is -0.694. The number of carbonyl (C=O) groups is 2. The molecule has 0 saturated carbocycles. The van der Waals surface area contributed by atoms with Crippen molar-refractivity contribution >= 4 is 11.9 Å². The summed E-state index contributed by atoms with van der Waals surface area (Å²) in [6.45, 7) is 5.48. The molecule has 0 fully saturated rings. The Morgan fingerprint density at radius 3 is 2.55 bits per heavy atom. The molecular weight excluding hydrogens is 258 g/mol. The summed E-state index contributed by atoms with van der Waals surface area (Å²) in [5, 5.41) is 2.46. The molecule has 1 amide bonds. The Morgan fingerprint density at radius 2 is 1.95 bits per heavy atom. The number of ketones is 1. The molecule has 0 aromatic heterocycles. The van der Waals surface area contributed by atoms with Crippen LogP contribution in [0.3, 0.4) is 0 Å². The largest absolute Gasteiger partial charge is 0.445 e. The number of methoxy groups -OCH3 is 1. The normalized spacial score (nSPS) is 11.5. The second-order valence-corrected chi connectivity index (χ2v) is 4.33. The highest BCUT2D eigenvalue weighted by Crippen LogP contribution is 2.02. The number of ether oxygens (including phenoxy) is 2. The van der Waals surface area contributed by atoms with Crippen LogP contribution in [0.2, 0.25) is 0 Å². The smallest absolute Gasteiger partial charge is 0.408 e. The van der Waals surface area contributed by atoms with Crippen LogP contribution in [0.15, 0.2) is 42.5 Å². The van der Waals surface area contributed by atoms with Crippen molar-refractivity contribution < 1.29 is 19.1 Å². The number of hydrogen-bond donors (Lipinski definition) is 1. The SMILES string of the molecule is C=C(COC)C(=O)C(C)NC(=O)OCc1ccccc1. The Kier molecular flexibility index (Phi) is 6.46. The first-order valence-corrected chi connectivity index (χ1v) is 6.22. The van der Waals surface area contributed by atoms with Crippen molar-refractivity contribution in [2.75, 3.05) is 13.7 Å². The predicted octanol–water partition coefficient (Wildman–Crippen LogP) is 2.07. The molecule has 5 heteroatoms. The molecule has 0 saturated heterocycles. The maximum atomic E-state index is 11.8. The lowest BCUT2D eigenvalue weighted by Crippen LogP contribution is -2.39. The van der Waals surface area contributed by atoms with Crippen LogP contribution in [0.4, 0.5) is 4.79 Å². The number of amides is 1. The van der Waals surface area contributed by atoms with Crippen molar-refractivity contribution in [3.8, 4) is 0 Å².